The van der Waals surface area contributed by atoms with Crippen molar-refractivity contribution in [2.24, 2.45) is 5.92 Å². The molecule has 116 valence electrons. The molecule has 2 atom stereocenters. The number of rotatable bonds is 4. The van der Waals surface area contributed by atoms with Crippen LogP contribution >= 0.6 is 0 Å². The number of carbonyl (C=O) groups excluding carboxylic acids is 1. The highest BCUT2D eigenvalue weighted by atomic mass is 19.1. The first-order valence-corrected chi connectivity index (χ1v) is 7.28. The number of methoxy groups -OCH3 is 1. The molecule has 0 radical (unpaired) electrons. The number of hydrogen-bond acceptors (Lipinski definition) is 4. The highest BCUT2D eigenvalue weighted by Crippen LogP contribution is 2.31. The van der Waals surface area contributed by atoms with Gasteiger partial charge < -0.3 is 9.84 Å². The molecule has 1 aliphatic heterocycles. The van der Waals surface area contributed by atoms with Crippen LogP contribution in [0.1, 0.15) is 31.4 Å². The number of carbonyl (C=O) groups is 1. The Labute approximate surface area is 124 Å². The van der Waals surface area contributed by atoms with E-state index in [1.54, 1.807) is 12.1 Å². The Kier molecular flexibility index (Phi) is 5.31. The zero-order valence-corrected chi connectivity index (χ0v) is 12.5. The van der Waals surface area contributed by atoms with Crippen LogP contribution in [0.5, 0.6) is 0 Å². The van der Waals surface area contributed by atoms with E-state index in [0.717, 1.165) is 31.5 Å². The number of aliphatic hydroxyl groups excluding tert-OH is 1. The van der Waals surface area contributed by atoms with Crippen LogP contribution in [0.25, 0.3) is 0 Å². The third-order valence-electron chi connectivity index (χ3n) is 4.32. The van der Waals surface area contributed by atoms with Gasteiger partial charge >= 0.3 is 5.97 Å². The number of likely N-dealkylation sites (tertiary alicyclic amines) is 1. The van der Waals surface area contributed by atoms with Crippen LogP contribution in [0.2, 0.25) is 0 Å². The molecule has 1 N–H and O–H groups in total. The van der Waals surface area contributed by atoms with Crippen molar-refractivity contribution in [3.63, 3.8) is 0 Å². The molecule has 2 unspecified atom stereocenters. The van der Waals surface area contributed by atoms with E-state index in [4.69, 9.17) is 4.74 Å². The maximum atomic E-state index is 12.9. The summed E-state index contributed by atoms with van der Waals surface area (Å²) < 4.78 is 17.7. The van der Waals surface area contributed by atoms with Crippen molar-refractivity contribution >= 4 is 5.97 Å². The predicted octanol–water partition coefficient (Wildman–Crippen LogP) is 2.13. The smallest absolute Gasteiger partial charge is 0.322 e. The maximum absolute atomic E-state index is 12.9. The minimum Gasteiger partial charge on any atom is -0.468 e. The Morgan fingerprint density at radius 3 is 2.43 bits per heavy atom. The molecule has 1 aromatic rings. The topological polar surface area (TPSA) is 49.8 Å². The molecular weight excluding hydrogens is 273 g/mol. The number of hydrogen-bond donors (Lipinski definition) is 1. The molecule has 1 aliphatic rings. The molecule has 1 saturated heterocycles. The molecule has 1 fully saturated rings. The maximum Gasteiger partial charge on any atom is 0.322 e. The van der Waals surface area contributed by atoms with Crippen LogP contribution in [0.3, 0.4) is 0 Å². The summed E-state index contributed by atoms with van der Waals surface area (Å²) in [4.78, 5) is 13.6. The van der Waals surface area contributed by atoms with Gasteiger partial charge in [0.25, 0.3) is 0 Å². The molecule has 1 heterocycles. The van der Waals surface area contributed by atoms with Crippen molar-refractivity contribution in [1.29, 1.82) is 0 Å². The highest BCUT2D eigenvalue weighted by molar-refractivity contribution is 5.75. The summed E-state index contributed by atoms with van der Waals surface area (Å²) in [6.07, 6.45) is 1.03. The average molecular weight is 295 g/mol. The Morgan fingerprint density at radius 2 is 1.90 bits per heavy atom. The average Bonchev–Trinajstić information content (AvgIpc) is 2.53. The molecule has 0 aromatic heterocycles. The largest absolute Gasteiger partial charge is 0.468 e. The van der Waals surface area contributed by atoms with Crippen molar-refractivity contribution in [3.05, 3.63) is 35.6 Å². The summed E-state index contributed by atoms with van der Waals surface area (Å²) in [6, 6.07) is 5.74. The van der Waals surface area contributed by atoms with Gasteiger partial charge in [-0.15, -0.1) is 0 Å². The number of halogens is 1. The first-order valence-electron chi connectivity index (χ1n) is 7.28. The van der Waals surface area contributed by atoms with Crippen molar-refractivity contribution in [2.45, 2.75) is 31.9 Å². The van der Waals surface area contributed by atoms with Crippen molar-refractivity contribution < 1.29 is 19.0 Å². The molecule has 2 rings (SSSR count). The molecule has 0 aliphatic carbocycles. The third kappa shape index (κ3) is 3.80. The number of ether oxygens (including phenoxy) is 1. The molecule has 4 nitrogen and oxygen atoms in total. The monoisotopic (exact) mass is 295 g/mol. The minimum atomic E-state index is -0.582. The summed E-state index contributed by atoms with van der Waals surface area (Å²) in [5.74, 6) is -0.392. The van der Waals surface area contributed by atoms with E-state index in [0.29, 0.717) is 0 Å². The Morgan fingerprint density at radius 1 is 1.33 bits per heavy atom. The van der Waals surface area contributed by atoms with Crippen molar-refractivity contribution in [3.8, 4) is 0 Å². The Hall–Kier alpha value is -1.46. The quantitative estimate of drug-likeness (QED) is 0.865. The number of esters is 1. The standard InChI is InChI=1S/C16H22FNO3/c1-11(16(20)21-2)18-9-7-13(8-10-18)15(19)12-3-5-14(17)6-4-12/h3-6,11,13,15,19H,7-10H2,1-2H3. The van der Waals surface area contributed by atoms with Gasteiger partial charge in [0.1, 0.15) is 11.9 Å². The Bertz CT molecular complexity index is 469. The second-order valence-electron chi connectivity index (χ2n) is 5.57. The van der Waals surface area contributed by atoms with Gasteiger partial charge in [0.2, 0.25) is 0 Å². The van der Waals surface area contributed by atoms with E-state index in [-0.39, 0.29) is 23.7 Å². The molecule has 5 heteroatoms. The van der Waals surface area contributed by atoms with Gasteiger partial charge in [0.15, 0.2) is 0 Å². The minimum absolute atomic E-state index is 0.136. The van der Waals surface area contributed by atoms with E-state index in [1.165, 1.54) is 19.2 Å². The van der Waals surface area contributed by atoms with E-state index in [2.05, 4.69) is 4.90 Å². The van der Waals surface area contributed by atoms with Gasteiger partial charge in [-0.1, -0.05) is 12.1 Å². The summed E-state index contributed by atoms with van der Waals surface area (Å²) in [5.41, 5.74) is 0.746. The van der Waals surface area contributed by atoms with E-state index in [1.807, 2.05) is 6.92 Å². The normalized spacial score (nSPS) is 20.0. The zero-order valence-electron chi connectivity index (χ0n) is 12.5. The van der Waals surface area contributed by atoms with Crippen LogP contribution in [-0.4, -0.2) is 42.2 Å². The van der Waals surface area contributed by atoms with Gasteiger partial charge in [-0.3, -0.25) is 9.69 Å². The van der Waals surface area contributed by atoms with Crippen LogP contribution in [0.15, 0.2) is 24.3 Å². The van der Waals surface area contributed by atoms with Crippen molar-refractivity contribution in [1.82, 2.24) is 4.90 Å². The van der Waals surface area contributed by atoms with Gasteiger partial charge in [0, 0.05) is 0 Å². The number of piperidine rings is 1. The van der Waals surface area contributed by atoms with Gasteiger partial charge in [-0.2, -0.15) is 0 Å². The van der Waals surface area contributed by atoms with Crippen molar-refractivity contribution in [2.75, 3.05) is 20.2 Å². The van der Waals surface area contributed by atoms with Gasteiger partial charge in [0.05, 0.1) is 13.2 Å². The van der Waals surface area contributed by atoms with Gasteiger partial charge in [-0.05, 0) is 56.5 Å². The molecule has 1 aromatic carbocycles. The Balaban J connectivity index is 1.91. The summed E-state index contributed by atoms with van der Waals surface area (Å²) >= 11 is 0. The van der Waals surface area contributed by atoms with Crippen LogP contribution < -0.4 is 0 Å². The lowest BCUT2D eigenvalue weighted by atomic mass is 9.87. The fourth-order valence-electron chi connectivity index (χ4n) is 2.87. The second-order valence-corrected chi connectivity index (χ2v) is 5.57. The lowest BCUT2D eigenvalue weighted by Gasteiger charge is -2.36. The molecule has 21 heavy (non-hydrogen) atoms. The highest BCUT2D eigenvalue weighted by Gasteiger charge is 2.30. The first kappa shape index (κ1) is 15.9. The fourth-order valence-corrected chi connectivity index (χ4v) is 2.87. The lowest BCUT2D eigenvalue weighted by Crippen LogP contribution is -2.45. The second kappa shape index (κ2) is 7.00. The predicted molar refractivity (Wildman–Crippen MR) is 77.1 cm³/mol. The molecule has 0 saturated carbocycles. The number of benzene rings is 1. The summed E-state index contributed by atoms with van der Waals surface area (Å²) in [7, 11) is 1.39. The molecule has 0 bridgehead atoms. The lowest BCUT2D eigenvalue weighted by molar-refractivity contribution is -0.147. The number of nitrogens with zero attached hydrogens (tertiary/aromatic N) is 1. The summed E-state index contributed by atoms with van der Waals surface area (Å²) in [5, 5.41) is 10.4. The summed E-state index contributed by atoms with van der Waals surface area (Å²) in [6.45, 7) is 3.33. The zero-order chi connectivity index (χ0) is 15.4. The SMILES string of the molecule is COC(=O)C(C)N1CCC(C(O)c2ccc(F)cc2)CC1. The van der Waals surface area contributed by atoms with E-state index < -0.39 is 6.10 Å². The molecule has 0 amide bonds. The first-order chi connectivity index (χ1) is 10.0. The molecular formula is C16H22FNO3. The third-order valence-corrected chi connectivity index (χ3v) is 4.32. The van der Waals surface area contributed by atoms with Gasteiger partial charge in [-0.25, -0.2) is 4.39 Å². The molecule has 0 spiro atoms. The fraction of sp³-hybridized carbons (Fsp3) is 0.562. The number of aliphatic hydroxyl groups is 1. The van der Waals surface area contributed by atoms with Crippen LogP contribution in [0, 0.1) is 11.7 Å². The van der Waals surface area contributed by atoms with E-state index >= 15 is 0 Å². The van der Waals surface area contributed by atoms with E-state index in [9.17, 15) is 14.3 Å². The van der Waals surface area contributed by atoms with Crippen LogP contribution in [0.4, 0.5) is 4.39 Å². The van der Waals surface area contributed by atoms with Crippen LogP contribution in [-0.2, 0) is 9.53 Å².